The molecule has 0 unspecified atom stereocenters. The van der Waals surface area contributed by atoms with Gasteiger partial charge in [0.1, 0.15) is 6.61 Å². The zero-order valence-corrected chi connectivity index (χ0v) is 5.05. The van der Waals surface area contributed by atoms with E-state index in [1.165, 1.54) is 0 Å². The van der Waals surface area contributed by atoms with Crippen LogP contribution in [0, 0.1) is 11.8 Å². The molecule has 0 saturated carbocycles. The predicted octanol–water partition coefficient (Wildman–Crippen LogP) is 0.834. The highest BCUT2D eigenvalue weighted by Crippen LogP contribution is 1.66. The Morgan fingerprint density at radius 1 is 1.57 bits per heavy atom. The van der Waals surface area contributed by atoms with Crippen molar-refractivity contribution in [1.82, 2.24) is 0 Å². The number of methoxy groups -OCH3 is 1. The van der Waals surface area contributed by atoms with E-state index in [9.17, 15) is 0 Å². The van der Waals surface area contributed by atoms with Crippen LogP contribution in [0.2, 0.25) is 0 Å². The van der Waals surface area contributed by atoms with Crippen molar-refractivity contribution in [1.29, 1.82) is 0 Å². The van der Waals surface area contributed by atoms with Gasteiger partial charge in [-0.3, -0.25) is 0 Å². The Bertz CT molecular complexity index is 79.8. The summed E-state index contributed by atoms with van der Waals surface area (Å²) >= 11 is 4.54. The van der Waals surface area contributed by atoms with Crippen molar-refractivity contribution >= 4 is 12.6 Å². The molecule has 2 heteroatoms. The first-order valence-electron chi connectivity index (χ1n) is 1.94. The summed E-state index contributed by atoms with van der Waals surface area (Å²) in [6.45, 7) is 0.497. The van der Waals surface area contributed by atoms with Crippen molar-refractivity contribution in [2.24, 2.45) is 0 Å². The van der Waals surface area contributed by atoms with Crippen LogP contribution in [-0.4, -0.2) is 19.5 Å². The third kappa shape index (κ3) is 5.87. The molecule has 0 aliphatic heterocycles. The molecule has 0 amide bonds. The number of ether oxygens (including phenoxy) is 1. The van der Waals surface area contributed by atoms with Gasteiger partial charge in [0.25, 0.3) is 0 Å². The topological polar surface area (TPSA) is 9.23 Å². The van der Waals surface area contributed by atoms with E-state index in [4.69, 9.17) is 0 Å². The summed E-state index contributed by atoms with van der Waals surface area (Å²) in [7, 11) is 1.61. The van der Waals surface area contributed by atoms with E-state index in [0.717, 1.165) is 0 Å². The molecule has 7 heavy (non-hydrogen) atoms. The van der Waals surface area contributed by atoms with E-state index in [1.807, 2.05) is 0 Å². The molecule has 1 nitrogen and oxygen atoms in total. The van der Waals surface area contributed by atoms with Crippen molar-refractivity contribution in [3.63, 3.8) is 0 Å². The van der Waals surface area contributed by atoms with Crippen LogP contribution in [-0.2, 0) is 4.74 Å². The van der Waals surface area contributed by atoms with Crippen molar-refractivity contribution in [2.45, 2.75) is 0 Å². The summed E-state index contributed by atoms with van der Waals surface area (Å²) in [5.74, 6) is 5.90. The molecule has 0 rings (SSSR count). The Morgan fingerprint density at radius 3 is 2.71 bits per heavy atom. The summed E-state index contributed by atoms with van der Waals surface area (Å²) in [6.07, 6.45) is 0. The second-order valence-electron chi connectivity index (χ2n) is 0.931. The summed E-state index contributed by atoms with van der Waals surface area (Å²) in [5, 5.41) is 0. The SMILES string of the molecule is COCC#CC[S]. The van der Waals surface area contributed by atoms with Crippen LogP contribution in [0.1, 0.15) is 0 Å². The zero-order chi connectivity index (χ0) is 5.54. The van der Waals surface area contributed by atoms with Crippen LogP contribution in [0.5, 0.6) is 0 Å². The zero-order valence-electron chi connectivity index (χ0n) is 4.23. The van der Waals surface area contributed by atoms with Crippen LogP contribution in [0.4, 0.5) is 0 Å². The van der Waals surface area contributed by atoms with E-state index in [-0.39, 0.29) is 0 Å². The molecular weight excluding hydrogens is 108 g/mol. The lowest BCUT2D eigenvalue weighted by Crippen LogP contribution is -1.80. The van der Waals surface area contributed by atoms with Gasteiger partial charge in [0, 0.05) is 7.11 Å². The van der Waals surface area contributed by atoms with Crippen LogP contribution in [0.25, 0.3) is 0 Å². The van der Waals surface area contributed by atoms with Gasteiger partial charge in [0.2, 0.25) is 0 Å². The monoisotopic (exact) mass is 115 g/mol. The van der Waals surface area contributed by atoms with E-state index < -0.39 is 0 Å². The molecule has 0 aliphatic carbocycles. The van der Waals surface area contributed by atoms with Crippen molar-refractivity contribution < 1.29 is 4.74 Å². The fourth-order valence-corrected chi connectivity index (χ4v) is 0.276. The average molecular weight is 115 g/mol. The maximum absolute atomic E-state index is 4.62. The van der Waals surface area contributed by atoms with E-state index in [0.29, 0.717) is 12.4 Å². The molecule has 1 radical (unpaired) electrons. The Labute approximate surface area is 49.5 Å². The third-order valence-corrected chi connectivity index (χ3v) is 0.558. The summed E-state index contributed by atoms with van der Waals surface area (Å²) in [6, 6.07) is 0. The first-order valence-corrected chi connectivity index (χ1v) is 2.52. The number of hydrogen-bond donors (Lipinski definition) is 0. The highest BCUT2D eigenvalue weighted by molar-refractivity contribution is 7.80. The van der Waals surface area contributed by atoms with Gasteiger partial charge in [-0.25, -0.2) is 0 Å². The Kier molecular flexibility index (Phi) is 5.76. The smallest absolute Gasteiger partial charge is 0.107 e. The summed E-state index contributed by atoms with van der Waals surface area (Å²) in [4.78, 5) is 0. The van der Waals surface area contributed by atoms with Crippen molar-refractivity contribution in [3.8, 4) is 11.8 Å². The number of rotatable bonds is 1. The molecule has 0 aromatic heterocycles. The minimum Gasteiger partial charge on any atom is -0.372 e. The highest BCUT2D eigenvalue weighted by atomic mass is 32.1. The largest absolute Gasteiger partial charge is 0.372 e. The van der Waals surface area contributed by atoms with Gasteiger partial charge in [-0.15, -0.1) is 0 Å². The Morgan fingerprint density at radius 2 is 2.29 bits per heavy atom. The highest BCUT2D eigenvalue weighted by Gasteiger charge is 1.64. The van der Waals surface area contributed by atoms with Gasteiger partial charge in [-0.1, -0.05) is 24.5 Å². The number of hydrogen-bond acceptors (Lipinski definition) is 1. The van der Waals surface area contributed by atoms with Crippen LogP contribution in [0.15, 0.2) is 0 Å². The standard InChI is InChI=1S/C5H7OS/c1-6-4-2-3-5-7/h4-5H2,1H3. The Balaban J connectivity index is 2.91. The van der Waals surface area contributed by atoms with Crippen LogP contribution in [0.3, 0.4) is 0 Å². The van der Waals surface area contributed by atoms with Crippen LogP contribution >= 0.6 is 12.6 Å². The van der Waals surface area contributed by atoms with Gasteiger partial charge in [-0.2, -0.15) is 0 Å². The molecule has 0 aromatic carbocycles. The lowest BCUT2D eigenvalue weighted by Gasteiger charge is -1.79. The van der Waals surface area contributed by atoms with Gasteiger partial charge < -0.3 is 4.74 Å². The van der Waals surface area contributed by atoms with E-state index >= 15 is 0 Å². The molecule has 0 aliphatic rings. The quantitative estimate of drug-likeness (QED) is 0.460. The van der Waals surface area contributed by atoms with Gasteiger partial charge in [0.15, 0.2) is 0 Å². The molecule has 0 fully saturated rings. The predicted molar refractivity (Wildman–Crippen MR) is 32.1 cm³/mol. The molecular formula is C5H7OS. The summed E-state index contributed by atoms with van der Waals surface area (Å²) < 4.78 is 4.62. The molecule has 0 heterocycles. The first-order chi connectivity index (χ1) is 3.41. The van der Waals surface area contributed by atoms with Crippen molar-refractivity contribution in [2.75, 3.05) is 19.5 Å². The Hall–Kier alpha value is -0.130. The fourth-order valence-electron chi connectivity index (χ4n) is 0.174. The van der Waals surface area contributed by atoms with Gasteiger partial charge in [-0.05, 0) is 0 Å². The molecule has 0 bridgehead atoms. The maximum Gasteiger partial charge on any atom is 0.107 e. The average Bonchev–Trinajstić information content (AvgIpc) is 1.69. The minimum absolute atomic E-state index is 0.497. The first kappa shape index (κ1) is 6.87. The molecule has 0 N–H and O–H groups in total. The second-order valence-corrected chi connectivity index (χ2v) is 1.22. The summed E-state index contributed by atoms with van der Waals surface area (Å²) in [5.41, 5.74) is 0. The third-order valence-electron chi connectivity index (χ3n) is 0.414. The van der Waals surface area contributed by atoms with Gasteiger partial charge >= 0.3 is 0 Å². The van der Waals surface area contributed by atoms with Crippen LogP contribution < -0.4 is 0 Å². The van der Waals surface area contributed by atoms with Crippen molar-refractivity contribution in [3.05, 3.63) is 0 Å². The maximum atomic E-state index is 4.62. The fraction of sp³-hybridized carbons (Fsp3) is 0.600. The van der Waals surface area contributed by atoms with E-state index in [1.54, 1.807) is 7.11 Å². The lowest BCUT2D eigenvalue weighted by atomic mass is 10.6. The molecule has 39 valence electrons. The molecule has 0 atom stereocenters. The second kappa shape index (κ2) is 5.87. The van der Waals surface area contributed by atoms with E-state index in [2.05, 4.69) is 29.2 Å². The molecule has 0 spiro atoms. The normalized spacial score (nSPS) is 7.14. The lowest BCUT2D eigenvalue weighted by molar-refractivity contribution is 0.240. The molecule has 0 saturated heterocycles. The minimum atomic E-state index is 0.497. The molecule has 0 aromatic rings. The van der Waals surface area contributed by atoms with Gasteiger partial charge in [0.05, 0.1) is 5.75 Å².